The minimum atomic E-state index is -4.53. The fourth-order valence-electron chi connectivity index (χ4n) is 2.52. The van der Waals surface area contributed by atoms with Gasteiger partial charge in [-0.25, -0.2) is 13.3 Å². The van der Waals surface area contributed by atoms with Crippen molar-refractivity contribution < 1.29 is 27.7 Å². The van der Waals surface area contributed by atoms with Gasteiger partial charge in [-0.3, -0.25) is 4.52 Å². The zero-order valence-corrected chi connectivity index (χ0v) is 17.7. The number of hydrogen-bond acceptors (Lipinski definition) is 4. The van der Waals surface area contributed by atoms with Crippen LogP contribution < -0.4 is 5.73 Å². The van der Waals surface area contributed by atoms with E-state index in [4.69, 9.17) is 15.5 Å². The summed E-state index contributed by atoms with van der Waals surface area (Å²) in [6, 6.07) is 7.80. The first kappa shape index (κ1) is 23.7. The molecule has 0 fully saturated rings. The number of aryl methyl sites for hydroxylation is 2. The molecule has 9 heteroatoms. The quantitative estimate of drug-likeness (QED) is 0.308. The third-order valence-corrected chi connectivity index (χ3v) is 5.66. The molecule has 0 radical (unpaired) electrons. The van der Waals surface area contributed by atoms with E-state index in [2.05, 4.69) is 16.4 Å². The third kappa shape index (κ3) is 9.18. The fraction of sp³-hybridized carbons (Fsp3) is 0.400. The highest BCUT2D eigenvalue weighted by atomic mass is 32.1. The minimum Gasteiger partial charge on any atom is -0.323 e. The lowest BCUT2D eigenvalue weighted by molar-refractivity contribution is 0.154. The highest BCUT2D eigenvalue weighted by Gasteiger charge is 2.24. The second-order valence-corrected chi connectivity index (χ2v) is 9.50. The maximum Gasteiger partial charge on any atom is 0.469 e. The van der Waals surface area contributed by atoms with E-state index in [9.17, 15) is 13.3 Å². The summed E-state index contributed by atoms with van der Waals surface area (Å²) in [6.45, 7) is 1.46. The van der Waals surface area contributed by atoms with Crippen molar-refractivity contribution in [3.8, 4) is 11.8 Å². The van der Waals surface area contributed by atoms with Gasteiger partial charge in [-0.15, -0.1) is 11.3 Å². The lowest BCUT2D eigenvalue weighted by Crippen LogP contribution is -2.41. The molecule has 29 heavy (non-hydrogen) atoms. The molecule has 0 amide bonds. The number of nitrogens with two attached hydrogens (primary N) is 1. The number of hydrogen-bond donors (Lipinski definition) is 3. The molecule has 0 saturated carbocycles. The van der Waals surface area contributed by atoms with E-state index >= 15 is 0 Å². The largest absolute Gasteiger partial charge is 0.469 e. The van der Waals surface area contributed by atoms with Crippen LogP contribution in [0.25, 0.3) is 0 Å². The molecule has 0 aliphatic rings. The molecule has 1 unspecified atom stereocenters. The van der Waals surface area contributed by atoms with Crippen LogP contribution in [0.2, 0.25) is 0 Å². The first-order chi connectivity index (χ1) is 13.5. The zero-order valence-electron chi connectivity index (χ0n) is 16.0. The predicted octanol–water partition coefficient (Wildman–Crippen LogP) is 4.16. The third-order valence-electron chi connectivity index (χ3n) is 4.13. The Hall–Kier alpha value is -1.59. The van der Waals surface area contributed by atoms with E-state index in [-0.39, 0.29) is 6.61 Å². The Kier molecular flexibility index (Phi) is 8.53. The van der Waals surface area contributed by atoms with E-state index in [1.165, 1.54) is 6.07 Å². The van der Waals surface area contributed by atoms with Crippen LogP contribution in [0.15, 0.2) is 30.3 Å². The van der Waals surface area contributed by atoms with Crippen LogP contribution in [0.1, 0.15) is 41.5 Å². The van der Waals surface area contributed by atoms with Gasteiger partial charge in [-0.2, -0.15) is 0 Å². The predicted molar refractivity (Wildman–Crippen MR) is 109 cm³/mol. The Balaban J connectivity index is 1.76. The van der Waals surface area contributed by atoms with Crippen LogP contribution in [-0.4, -0.2) is 21.9 Å². The number of halogens is 2. The Morgan fingerprint density at radius 3 is 2.66 bits per heavy atom. The van der Waals surface area contributed by atoms with Gasteiger partial charge in [0, 0.05) is 16.8 Å². The molecule has 4 N–H and O–H groups in total. The monoisotopic (exact) mass is 443 g/mol. The number of rotatable bonds is 9. The summed E-state index contributed by atoms with van der Waals surface area (Å²) in [5.41, 5.74) is 5.92. The van der Waals surface area contributed by atoms with Gasteiger partial charge >= 0.3 is 7.82 Å². The summed E-state index contributed by atoms with van der Waals surface area (Å²) in [5, 5.41) is 0. The molecule has 158 valence electrons. The Bertz CT molecular complexity index is 930. The average molecular weight is 443 g/mol. The Morgan fingerprint density at radius 1 is 1.21 bits per heavy atom. The van der Waals surface area contributed by atoms with Gasteiger partial charge in [0.25, 0.3) is 0 Å². The molecule has 1 aromatic heterocycles. The summed E-state index contributed by atoms with van der Waals surface area (Å²) in [7, 11) is -4.53. The van der Waals surface area contributed by atoms with Crippen molar-refractivity contribution in [3.05, 3.63) is 57.3 Å². The smallest absolute Gasteiger partial charge is 0.323 e. The number of phosphoric acid groups is 1. The van der Waals surface area contributed by atoms with Gasteiger partial charge in [-0.05, 0) is 62.4 Å². The number of unbranched alkanes of at least 4 members (excludes halogenated alkanes) is 1. The van der Waals surface area contributed by atoms with Gasteiger partial charge in [0.1, 0.15) is 0 Å². The van der Waals surface area contributed by atoms with Crippen molar-refractivity contribution in [2.75, 3.05) is 6.61 Å². The van der Waals surface area contributed by atoms with E-state index < -0.39 is 25.0 Å². The van der Waals surface area contributed by atoms with Gasteiger partial charge in [-0.1, -0.05) is 17.9 Å². The summed E-state index contributed by atoms with van der Waals surface area (Å²) >= 11 is 1.54. The van der Waals surface area contributed by atoms with Crippen molar-refractivity contribution in [1.82, 2.24) is 0 Å². The molecule has 0 aliphatic heterocycles. The molecule has 0 aliphatic carbocycles. The van der Waals surface area contributed by atoms with Crippen molar-refractivity contribution in [1.29, 1.82) is 0 Å². The lowest BCUT2D eigenvalue weighted by atomic mass is 9.98. The topological polar surface area (TPSA) is 92.8 Å². The molecule has 0 spiro atoms. The minimum absolute atomic E-state index is 0.229. The SMILES string of the molecule is CC(N)(CCc1ccc(C#CCCCc2ccc(F)c(F)c2)s1)COP(=O)(O)O. The average Bonchev–Trinajstić information content (AvgIpc) is 3.09. The standard InChI is InChI=1S/C20H24F2NO4PS/c1-20(23,14-27-28(24,25)26)12-11-17-9-8-16(29-17)6-4-2-3-5-15-7-10-18(21)19(22)13-15/h7-10,13H,2-3,5,11-12,14,23H2,1H3,(H2,24,25,26). The van der Waals surface area contributed by atoms with Gasteiger partial charge in [0.15, 0.2) is 11.6 Å². The molecule has 1 atom stereocenters. The van der Waals surface area contributed by atoms with Crippen molar-refractivity contribution in [2.45, 2.75) is 44.6 Å². The maximum absolute atomic E-state index is 13.2. The van der Waals surface area contributed by atoms with Crippen LogP contribution in [0.5, 0.6) is 0 Å². The first-order valence-electron chi connectivity index (χ1n) is 9.05. The van der Waals surface area contributed by atoms with Crippen LogP contribution in [0, 0.1) is 23.5 Å². The normalized spacial score (nSPS) is 13.6. The first-order valence-corrected chi connectivity index (χ1v) is 11.4. The molecule has 1 heterocycles. The van der Waals surface area contributed by atoms with Crippen LogP contribution >= 0.6 is 19.2 Å². The molecule has 5 nitrogen and oxygen atoms in total. The molecule has 2 aromatic rings. The highest BCUT2D eigenvalue weighted by Crippen LogP contribution is 2.37. The second kappa shape index (κ2) is 10.4. The van der Waals surface area contributed by atoms with E-state index in [0.717, 1.165) is 27.8 Å². The molecule has 0 saturated heterocycles. The van der Waals surface area contributed by atoms with Gasteiger partial charge in [0.2, 0.25) is 0 Å². The van der Waals surface area contributed by atoms with Crippen LogP contribution in [-0.2, 0) is 21.9 Å². The highest BCUT2D eigenvalue weighted by molar-refractivity contribution is 7.46. The number of thiophene rings is 1. The van der Waals surface area contributed by atoms with Crippen LogP contribution in [0.3, 0.4) is 0 Å². The van der Waals surface area contributed by atoms with Gasteiger partial charge in [0.05, 0.1) is 11.5 Å². The van der Waals surface area contributed by atoms with Crippen molar-refractivity contribution in [3.63, 3.8) is 0 Å². The van der Waals surface area contributed by atoms with E-state index in [1.54, 1.807) is 24.3 Å². The molecular formula is C20H24F2NO4PS. The zero-order chi connectivity index (χ0) is 21.5. The molecule has 0 bridgehead atoms. The summed E-state index contributed by atoms with van der Waals surface area (Å²) in [4.78, 5) is 19.5. The molecule has 1 aromatic carbocycles. The van der Waals surface area contributed by atoms with Crippen molar-refractivity contribution >= 4 is 19.2 Å². The maximum atomic E-state index is 13.2. The van der Waals surface area contributed by atoms with Gasteiger partial charge < -0.3 is 15.5 Å². The number of phosphoric ester groups is 1. The summed E-state index contributed by atoms with van der Waals surface area (Å²) in [6.07, 6.45) is 3.19. The second-order valence-electron chi connectivity index (χ2n) is 7.09. The molecule has 2 rings (SSSR count). The van der Waals surface area contributed by atoms with Crippen molar-refractivity contribution in [2.24, 2.45) is 5.73 Å². The summed E-state index contributed by atoms with van der Waals surface area (Å²) < 4.78 is 41.3. The lowest BCUT2D eigenvalue weighted by Gasteiger charge is -2.24. The summed E-state index contributed by atoms with van der Waals surface area (Å²) in [5.74, 6) is 4.50. The Labute approximate surface area is 173 Å². The van der Waals surface area contributed by atoms with E-state index in [0.29, 0.717) is 25.7 Å². The number of benzene rings is 1. The molecular weight excluding hydrogens is 419 g/mol. The Morgan fingerprint density at radius 2 is 1.97 bits per heavy atom. The van der Waals surface area contributed by atoms with E-state index in [1.807, 2.05) is 12.1 Å². The van der Waals surface area contributed by atoms with Crippen LogP contribution in [0.4, 0.5) is 8.78 Å². The fourth-order valence-corrected chi connectivity index (χ4v) is 3.86.